The van der Waals surface area contributed by atoms with E-state index in [1.165, 1.54) is 0 Å². The molecule has 28 heavy (non-hydrogen) atoms. The predicted molar refractivity (Wildman–Crippen MR) is 105 cm³/mol. The van der Waals surface area contributed by atoms with Gasteiger partial charge in [-0.05, 0) is 25.5 Å². The second-order valence-corrected chi connectivity index (χ2v) is 7.55. The zero-order chi connectivity index (χ0) is 20.1. The fraction of sp³-hybridized carbons (Fsp3) is 0.571. The molecule has 0 aromatic heterocycles. The highest BCUT2D eigenvalue weighted by molar-refractivity contribution is 5.89. The van der Waals surface area contributed by atoms with Gasteiger partial charge in [-0.3, -0.25) is 14.4 Å². The zero-order valence-electron chi connectivity index (χ0n) is 16.7. The number of ether oxygens (including phenoxy) is 1. The van der Waals surface area contributed by atoms with Gasteiger partial charge >= 0.3 is 0 Å². The second kappa shape index (κ2) is 9.08. The SMILES string of the molecule is CCCN1CC(C(=O)N2CCN(C(=O)COc3ccc(C)cc3)CC2)CC1=O. The summed E-state index contributed by atoms with van der Waals surface area (Å²) >= 11 is 0. The minimum Gasteiger partial charge on any atom is -0.484 e. The maximum atomic E-state index is 12.7. The van der Waals surface area contributed by atoms with Gasteiger partial charge in [0.05, 0.1) is 5.92 Å². The number of carbonyl (C=O) groups is 3. The summed E-state index contributed by atoms with van der Waals surface area (Å²) in [6, 6.07) is 7.59. The van der Waals surface area contributed by atoms with Crippen LogP contribution in [0.25, 0.3) is 0 Å². The average Bonchev–Trinajstić information content (AvgIpc) is 3.07. The van der Waals surface area contributed by atoms with E-state index >= 15 is 0 Å². The molecule has 3 amide bonds. The van der Waals surface area contributed by atoms with E-state index in [1.807, 2.05) is 38.1 Å². The Balaban J connectivity index is 1.43. The number of likely N-dealkylation sites (tertiary alicyclic amines) is 1. The lowest BCUT2D eigenvalue weighted by Crippen LogP contribution is -2.53. The molecule has 2 aliphatic rings. The first-order valence-corrected chi connectivity index (χ1v) is 10.0. The van der Waals surface area contributed by atoms with Gasteiger partial charge in [0.15, 0.2) is 6.61 Å². The molecule has 0 N–H and O–H groups in total. The van der Waals surface area contributed by atoms with Crippen LogP contribution < -0.4 is 4.74 Å². The molecule has 1 unspecified atom stereocenters. The molecule has 0 bridgehead atoms. The number of amides is 3. The Hall–Kier alpha value is -2.57. The first-order valence-electron chi connectivity index (χ1n) is 10.0. The van der Waals surface area contributed by atoms with Crippen LogP contribution in [0.5, 0.6) is 5.75 Å². The van der Waals surface area contributed by atoms with Crippen molar-refractivity contribution < 1.29 is 19.1 Å². The Labute approximate surface area is 166 Å². The highest BCUT2D eigenvalue weighted by Crippen LogP contribution is 2.21. The quantitative estimate of drug-likeness (QED) is 0.738. The van der Waals surface area contributed by atoms with Crippen LogP contribution in [0.1, 0.15) is 25.3 Å². The first kappa shape index (κ1) is 20.2. The van der Waals surface area contributed by atoms with Gasteiger partial charge in [-0.1, -0.05) is 24.6 Å². The van der Waals surface area contributed by atoms with Crippen molar-refractivity contribution in [3.8, 4) is 5.75 Å². The summed E-state index contributed by atoms with van der Waals surface area (Å²) < 4.78 is 5.56. The first-order chi connectivity index (χ1) is 13.5. The van der Waals surface area contributed by atoms with Crippen molar-refractivity contribution in [2.24, 2.45) is 5.92 Å². The summed E-state index contributed by atoms with van der Waals surface area (Å²) in [5, 5.41) is 0. The Kier molecular flexibility index (Phi) is 6.54. The van der Waals surface area contributed by atoms with Crippen molar-refractivity contribution in [2.75, 3.05) is 45.9 Å². The lowest BCUT2D eigenvalue weighted by molar-refractivity contribution is -0.142. The van der Waals surface area contributed by atoms with E-state index < -0.39 is 0 Å². The van der Waals surface area contributed by atoms with Crippen molar-refractivity contribution in [1.29, 1.82) is 0 Å². The summed E-state index contributed by atoms with van der Waals surface area (Å²) in [7, 11) is 0. The molecular formula is C21H29N3O4. The normalized spacial score (nSPS) is 19.9. The lowest BCUT2D eigenvalue weighted by Gasteiger charge is -2.35. The van der Waals surface area contributed by atoms with E-state index in [-0.39, 0.29) is 30.2 Å². The molecule has 0 radical (unpaired) electrons. The third-order valence-electron chi connectivity index (χ3n) is 5.38. The summed E-state index contributed by atoms with van der Waals surface area (Å²) in [5.41, 5.74) is 1.14. The van der Waals surface area contributed by atoms with E-state index in [4.69, 9.17) is 4.74 Å². The van der Waals surface area contributed by atoms with E-state index in [0.717, 1.165) is 12.0 Å². The van der Waals surface area contributed by atoms with E-state index in [2.05, 4.69) is 0 Å². The fourth-order valence-corrected chi connectivity index (χ4v) is 3.73. The Morgan fingerprint density at radius 2 is 1.71 bits per heavy atom. The van der Waals surface area contributed by atoms with Crippen molar-refractivity contribution in [1.82, 2.24) is 14.7 Å². The standard InChI is InChI=1S/C21H29N3O4/c1-3-8-24-14-17(13-19(24)25)21(27)23-11-9-22(10-12-23)20(26)15-28-18-6-4-16(2)5-7-18/h4-7,17H,3,8-15H2,1-2H3. The van der Waals surface area contributed by atoms with E-state index in [1.54, 1.807) is 14.7 Å². The van der Waals surface area contributed by atoms with Crippen LogP contribution in [0.2, 0.25) is 0 Å². The molecule has 7 nitrogen and oxygen atoms in total. The largest absolute Gasteiger partial charge is 0.484 e. The zero-order valence-corrected chi connectivity index (χ0v) is 16.7. The highest BCUT2D eigenvalue weighted by Gasteiger charge is 2.37. The lowest BCUT2D eigenvalue weighted by atomic mass is 10.1. The molecule has 1 aromatic carbocycles. The Morgan fingerprint density at radius 3 is 2.36 bits per heavy atom. The van der Waals surface area contributed by atoms with Gasteiger partial charge in [0.1, 0.15) is 5.75 Å². The smallest absolute Gasteiger partial charge is 0.260 e. The van der Waals surface area contributed by atoms with Crippen LogP contribution in [0.4, 0.5) is 0 Å². The summed E-state index contributed by atoms with van der Waals surface area (Å²) in [5.74, 6) is 0.469. The number of carbonyl (C=O) groups excluding carboxylic acids is 3. The van der Waals surface area contributed by atoms with E-state index in [9.17, 15) is 14.4 Å². The molecule has 2 heterocycles. The van der Waals surface area contributed by atoms with Gasteiger partial charge in [-0.2, -0.15) is 0 Å². The minimum atomic E-state index is -0.244. The molecule has 1 aromatic rings. The Bertz CT molecular complexity index is 711. The second-order valence-electron chi connectivity index (χ2n) is 7.55. The van der Waals surface area contributed by atoms with Crippen LogP contribution in [0, 0.1) is 12.8 Å². The maximum absolute atomic E-state index is 12.7. The van der Waals surface area contributed by atoms with Crippen LogP contribution in [-0.4, -0.2) is 78.3 Å². The number of hydrogen-bond donors (Lipinski definition) is 0. The summed E-state index contributed by atoms with van der Waals surface area (Å²) in [4.78, 5) is 42.4. The van der Waals surface area contributed by atoms with Crippen LogP contribution >= 0.6 is 0 Å². The molecule has 1 atom stereocenters. The van der Waals surface area contributed by atoms with Gasteiger partial charge in [-0.15, -0.1) is 0 Å². The average molecular weight is 387 g/mol. The molecule has 7 heteroatoms. The van der Waals surface area contributed by atoms with Crippen LogP contribution in [0.3, 0.4) is 0 Å². The molecule has 2 fully saturated rings. The van der Waals surface area contributed by atoms with Gasteiger partial charge in [0.2, 0.25) is 11.8 Å². The van der Waals surface area contributed by atoms with Gasteiger partial charge in [-0.25, -0.2) is 0 Å². The summed E-state index contributed by atoms with van der Waals surface area (Å²) in [6.45, 7) is 7.28. The molecule has 3 rings (SSSR count). The van der Waals surface area contributed by atoms with Gasteiger partial charge in [0.25, 0.3) is 5.91 Å². The molecule has 152 valence electrons. The number of benzene rings is 1. The van der Waals surface area contributed by atoms with Crippen LogP contribution in [0.15, 0.2) is 24.3 Å². The minimum absolute atomic E-state index is 0.000111. The third kappa shape index (κ3) is 4.82. The van der Waals surface area contributed by atoms with Crippen molar-refractivity contribution in [3.05, 3.63) is 29.8 Å². The van der Waals surface area contributed by atoms with E-state index in [0.29, 0.717) is 51.4 Å². The number of rotatable bonds is 6. The summed E-state index contributed by atoms with van der Waals surface area (Å²) in [6.07, 6.45) is 1.21. The van der Waals surface area contributed by atoms with Crippen LogP contribution in [-0.2, 0) is 14.4 Å². The molecule has 0 saturated carbocycles. The van der Waals surface area contributed by atoms with Crippen molar-refractivity contribution in [3.63, 3.8) is 0 Å². The van der Waals surface area contributed by atoms with Crippen molar-refractivity contribution >= 4 is 17.7 Å². The highest BCUT2D eigenvalue weighted by atomic mass is 16.5. The Morgan fingerprint density at radius 1 is 1.07 bits per heavy atom. The maximum Gasteiger partial charge on any atom is 0.260 e. The molecule has 2 saturated heterocycles. The third-order valence-corrected chi connectivity index (χ3v) is 5.38. The molecule has 0 aliphatic carbocycles. The number of piperazine rings is 1. The predicted octanol–water partition coefficient (Wildman–Crippen LogP) is 1.30. The fourth-order valence-electron chi connectivity index (χ4n) is 3.73. The van der Waals surface area contributed by atoms with Crippen molar-refractivity contribution in [2.45, 2.75) is 26.7 Å². The molecular weight excluding hydrogens is 358 g/mol. The van der Waals surface area contributed by atoms with Gasteiger partial charge in [0, 0.05) is 45.7 Å². The molecule has 2 aliphatic heterocycles. The van der Waals surface area contributed by atoms with Gasteiger partial charge < -0.3 is 19.4 Å². The number of hydrogen-bond acceptors (Lipinski definition) is 4. The number of aryl methyl sites for hydroxylation is 1. The molecule has 0 spiro atoms. The topological polar surface area (TPSA) is 70.2 Å². The number of nitrogens with zero attached hydrogens (tertiary/aromatic N) is 3. The monoisotopic (exact) mass is 387 g/mol.